The van der Waals surface area contributed by atoms with Gasteiger partial charge in [-0.2, -0.15) is 13.5 Å². The minimum atomic E-state index is -3.73. The molecule has 2 unspecified atom stereocenters. The van der Waals surface area contributed by atoms with Crippen LogP contribution in [0, 0.1) is 11.8 Å². The molecule has 5 heteroatoms. The first kappa shape index (κ1) is 22.9. The van der Waals surface area contributed by atoms with Gasteiger partial charge in [-0.3, -0.25) is 0 Å². The second-order valence-corrected chi connectivity index (χ2v) is 10.8. The van der Waals surface area contributed by atoms with Crippen LogP contribution in [-0.2, 0) is 10.0 Å². The number of hydrogen-bond donors (Lipinski definition) is 1. The number of sulfonamides is 1. The molecule has 158 valence electrons. The van der Waals surface area contributed by atoms with Crippen molar-refractivity contribution in [2.75, 3.05) is 0 Å². The van der Waals surface area contributed by atoms with Crippen molar-refractivity contribution in [3.8, 4) is 0 Å². The molecule has 0 spiro atoms. The first-order valence-corrected chi connectivity index (χ1v) is 12.2. The highest BCUT2D eigenvalue weighted by atomic mass is 32.2. The Hall–Kier alpha value is -1.36. The SMILES string of the molecule is CCC1/C(=N/NS(=O)(=O)c2c(C(C)C)cc(C(C)C)cc2C(C)C)CCC1C. The zero-order chi connectivity index (χ0) is 21.2. The molecule has 2 atom stereocenters. The highest BCUT2D eigenvalue weighted by molar-refractivity contribution is 7.89. The van der Waals surface area contributed by atoms with Gasteiger partial charge in [0.15, 0.2) is 0 Å². The standard InChI is InChI=1S/C23H38N2O2S/c1-9-19-17(8)10-11-22(19)24-25-28(26,27)23-20(15(4)5)12-18(14(2)3)13-21(23)16(6)7/h12-17,19,25H,9-11H2,1-8H3/b24-22+. The average Bonchev–Trinajstić information content (AvgIpc) is 2.98. The summed E-state index contributed by atoms with van der Waals surface area (Å²) < 4.78 is 26.8. The lowest BCUT2D eigenvalue weighted by molar-refractivity contribution is 0.467. The van der Waals surface area contributed by atoms with Gasteiger partial charge in [-0.15, -0.1) is 0 Å². The topological polar surface area (TPSA) is 58.5 Å². The maximum Gasteiger partial charge on any atom is 0.277 e. The molecule has 0 aromatic heterocycles. The Bertz CT molecular complexity index is 794. The Morgan fingerprint density at radius 2 is 1.57 bits per heavy atom. The Morgan fingerprint density at radius 1 is 1.04 bits per heavy atom. The lowest BCUT2D eigenvalue weighted by atomic mass is 9.89. The van der Waals surface area contributed by atoms with E-state index in [1.807, 2.05) is 0 Å². The lowest BCUT2D eigenvalue weighted by Crippen LogP contribution is -2.25. The molecule has 0 heterocycles. The van der Waals surface area contributed by atoms with E-state index < -0.39 is 10.0 Å². The van der Waals surface area contributed by atoms with Gasteiger partial charge in [-0.05, 0) is 59.6 Å². The van der Waals surface area contributed by atoms with Crippen LogP contribution in [0.3, 0.4) is 0 Å². The van der Waals surface area contributed by atoms with Gasteiger partial charge < -0.3 is 0 Å². The summed E-state index contributed by atoms with van der Waals surface area (Å²) in [6, 6.07) is 4.13. The van der Waals surface area contributed by atoms with E-state index >= 15 is 0 Å². The van der Waals surface area contributed by atoms with E-state index in [4.69, 9.17) is 0 Å². The summed E-state index contributed by atoms with van der Waals surface area (Å²) in [7, 11) is -3.73. The summed E-state index contributed by atoms with van der Waals surface area (Å²) in [4.78, 5) is 3.02. The molecule has 1 aliphatic rings. The number of rotatable bonds is 7. The number of nitrogens with zero attached hydrogens (tertiary/aromatic N) is 1. The predicted octanol–water partition coefficient (Wildman–Crippen LogP) is 6.15. The van der Waals surface area contributed by atoms with Crippen LogP contribution < -0.4 is 4.83 Å². The molecule has 0 amide bonds. The fourth-order valence-corrected chi connectivity index (χ4v) is 5.77. The van der Waals surface area contributed by atoms with Gasteiger partial charge in [-0.1, -0.05) is 67.5 Å². The van der Waals surface area contributed by atoms with Crippen molar-refractivity contribution in [3.05, 3.63) is 28.8 Å². The second-order valence-electron chi connectivity index (χ2n) is 9.22. The van der Waals surface area contributed by atoms with Crippen molar-refractivity contribution in [2.24, 2.45) is 16.9 Å². The van der Waals surface area contributed by atoms with Gasteiger partial charge in [0.2, 0.25) is 0 Å². The second kappa shape index (κ2) is 8.98. The van der Waals surface area contributed by atoms with Crippen LogP contribution >= 0.6 is 0 Å². The molecule has 1 fully saturated rings. The minimum absolute atomic E-state index is 0.116. The molecule has 2 rings (SSSR count). The molecule has 0 radical (unpaired) electrons. The van der Waals surface area contributed by atoms with Gasteiger partial charge in [0.25, 0.3) is 10.0 Å². The zero-order valence-corrected chi connectivity index (χ0v) is 19.7. The Kier molecular flexibility index (Phi) is 7.35. The van der Waals surface area contributed by atoms with Crippen LogP contribution in [0.5, 0.6) is 0 Å². The maximum atomic E-state index is 13.4. The Balaban J connectivity index is 2.55. The molecule has 1 aromatic rings. The predicted molar refractivity (Wildman–Crippen MR) is 119 cm³/mol. The van der Waals surface area contributed by atoms with Crippen molar-refractivity contribution in [1.29, 1.82) is 0 Å². The van der Waals surface area contributed by atoms with E-state index in [-0.39, 0.29) is 11.8 Å². The number of hydrogen-bond acceptors (Lipinski definition) is 3. The normalized spacial score (nSPS) is 22.0. The van der Waals surface area contributed by atoms with Crippen molar-refractivity contribution >= 4 is 15.7 Å². The molecule has 0 aliphatic heterocycles. The maximum absolute atomic E-state index is 13.4. The fourth-order valence-electron chi connectivity index (χ4n) is 4.23. The first-order chi connectivity index (χ1) is 13.0. The first-order valence-electron chi connectivity index (χ1n) is 10.8. The van der Waals surface area contributed by atoms with Crippen LogP contribution in [0.15, 0.2) is 22.1 Å². The Labute approximate surface area is 172 Å². The molecule has 1 aromatic carbocycles. The third kappa shape index (κ3) is 4.79. The third-order valence-corrected chi connectivity index (χ3v) is 7.41. The van der Waals surface area contributed by atoms with Gasteiger partial charge in [-0.25, -0.2) is 4.83 Å². The van der Waals surface area contributed by atoms with Gasteiger partial charge in [0, 0.05) is 11.6 Å². The fraction of sp³-hybridized carbons (Fsp3) is 0.696. The van der Waals surface area contributed by atoms with Crippen LogP contribution in [0.25, 0.3) is 0 Å². The summed E-state index contributed by atoms with van der Waals surface area (Å²) >= 11 is 0. The smallest absolute Gasteiger partial charge is 0.200 e. The van der Waals surface area contributed by atoms with Crippen molar-refractivity contribution < 1.29 is 8.42 Å². The van der Waals surface area contributed by atoms with Crippen molar-refractivity contribution in [3.63, 3.8) is 0 Å². The van der Waals surface area contributed by atoms with E-state index in [9.17, 15) is 8.42 Å². The molecular weight excluding hydrogens is 368 g/mol. The number of benzene rings is 1. The highest BCUT2D eigenvalue weighted by Crippen LogP contribution is 2.35. The number of nitrogens with one attached hydrogen (secondary N) is 1. The average molecular weight is 407 g/mol. The van der Waals surface area contributed by atoms with E-state index in [2.05, 4.69) is 77.5 Å². The summed E-state index contributed by atoms with van der Waals surface area (Å²) in [6.07, 6.45) is 2.96. The van der Waals surface area contributed by atoms with E-state index in [0.29, 0.717) is 22.6 Å². The largest absolute Gasteiger partial charge is 0.277 e. The van der Waals surface area contributed by atoms with Gasteiger partial charge in [0.05, 0.1) is 4.90 Å². The summed E-state index contributed by atoms with van der Waals surface area (Å²) in [6.45, 7) is 16.9. The molecule has 1 aliphatic carbocycles. The van der Waals surface area contributed by atoms with Crippen LogP contribution in [-0.4, -0.2) is 14.1 Å². The van der Waals surface area contributed by atoms with Crippen LogP contribution in [0.2, 0.25) is 0 Å². The lowest BCUT2D eigenvalue weighted by Gasteiger charge is -2.22. The molecule has 28 heavy (non-hydrogen) atoms. The van der Waals surface area contributed by atoms with Crippen LogP contribution in [0.4, 0.5) is 0 Å². The van der Waals surface area contributed by atoms with Gasteiger partial charge in [0.1, 0.15) is 0 Å². The van der Waals surface area contributed by atoms with E-state index in [1.165, 1.54) is 5.56 Å². The molecule has 0 saturated heterocycles. The van der Waals surface area contributed by atoms with Crippen LogP contribution in [0.1, 0.15) is 109 Å². The van der Waals surface area contributed by atoms with Gasteiger partial charge >= 0.3 is 0 Å². The summed E-state index contributed by atoms with van der Waals surface area (Å²) in [5.74, 6) is 1.53. The number of hydrazone groups is 1. The van der Waals surface area contributed by atoms with E-state index in [0.717, 1.165) is 36.1 Å². The molecule has 4 nitrogen and oxygen atoms in total. The zero-order valence-electron chi connectivity index (χ0n) is 18.8. The third-order valence-electron chi connectivity index (χ3n) is 6.07. The summed E-state index contributed by atoms with van der Waals surface area (Å²) in [5.41, 5.74) is 3.95. The minimum Gasteiger partial charge on any atom is -0.200 e. The molecular formula is C23H38N2O2S. The van der Waals surface area contributed by atoms with Crippen molar-refractivity contribution in [1.82, 2.24) is 4.83 Å². The van der Waals surface area contributed by atoms with Crippen molar-refractivity contribution in [2.45, 2.75) is 97.3 Å². The monoisotopic (exact) mass is 406 g/mol. The highest BCUT2D eigenvalue weighted by Gasteiger charge is 2.30. The molecule has 1 N–H and O–H groups in total. The molecule has 1 saturated carbocycles. The molecule has 0 bridgehead atoms. The Morgan fingerprint density at radius 3 is 2.00 bits per heavy atom. The summed E-state index contributed by atoms with van der Waals surface area (Å²) in [5, 5.41) is 4.41. The quantitative estimate of drug-likeness (QED) is 0.552. The van der Waals surface area contributed by atoms with E-state index in [1.54, 1.807) is 0 Å².